The first-order valence-corrected chi connectivity index (χ1v) is 9.69. The van der Waals surface area contributed by atoms with Crippen LogP contribution in [0.2, 0.25) is 5.02 Å². The Hall–Kier alpha value is -2.63. The molecule has 0 atom stereocenters. The molecule has 1 amide bonds. The fraction of sp³-hybridized carbons (Fsp3) is 0.273. The van der Waals surface area contributed by atoms with Gasteiger partial charge in [0.25, 0.3) is 11.5 Å². The number of H-pyrrole nitrogens is 1. The lowest BCUT2D eigenvalue weighted by Crippen LogP contribution is -2.44. The lowest BCUT2D eigenvalue weighted by molar-refractivity contribution is 0.0486. The monoisotopic (exact) mass is 396 g/mol. The molecule has 4 rings (SSSR count). The minimum atomic E-state index is -0.289. The predicted octanol–water partition coefficient (Wildman–Crippen LogP) is 3.66. The van der Waals surface area contributed by atoms with Crippen LogP contribution >= 0.6 is 11.6 Å². The number of nitrogens with one attached hydrogen (secondary N) is 2. The van der Waals surface area contributed by atoms with Crippen LogP contribution in [0, 0.1) is 0 Å². The van der Waals surface area contributed by atoms with Crippen LogP contribution in [-0.4, -0.2) is 30.6 Å². The highest BCUT2D eigenvalue weighted by atomic mass is 35.5. The summed E-state index contributed by atoms with van der Waals surface area (Å²) in [6.07, 6.45) is 1.62. The van der Waals surface area contributed by atoms with Crippen molar-refractivity contribution < 1.29 is 9.53 Å². The van der Waals surface area contributed by atoms with Crippen molar-refractivity contribution in [1.29, 1.82) is 0 Å². The number of pyridine rings is 1. The first-order chi connectivity index (χ1) is 13.6. The Morgan fingerprint density at radius 3 is 2.57 bits per heavy atom. The first-order valence-electron chi connectivity index (χ1n) is 9.31. The highest BCUT2D eigenvalue weighted by molar-refractivity contribution is 6.30. The molecule has 1 saturated heterocycles. The number of rotatable bonds is 4. The van der Waals surface area contributed by atoms with Crippen LogP contribution in [0.25, 0.3) is 10.8 Å². The van der Waals surface area contributed by atoms with Crippen LogP contribution in [-0.2, 0) is 10.2 Å². The molecule has 1 fully saturated rings. The molecular weight excluding hydrogens is 376 g/mol. The maximum Gasteiger partial charge on any atom is 0.267 e. The van der Waals surface area contributed by atoms with Gasteiger partial charge in [0.05, 0.1) is 0 Å². The number of amides is 1. The molecule has 3 aromatic rings. The summed E-state index contributed by atoms with van der Waals surface area (Å²) < 4.78 is 5.54. The standard InChI is InChI=1S/C22H21ClN2O3/c23-17-7-5-16(6-8-17)22(9-11-28-12-10-22)14-24-21(27)19-13-15-3-1-2-4-18(15)20(26)25-19/h1-8,13H,9-12,14H2,(H,24,27)(H,25,26). The summed E-state index contributed by atoms with van der Waals surface area (Å²) in [5, 5.41) is 5.02. The van der Waals surface area contributed by atoms with E-state index >= 15 is 0 Å². The lowest BCUT2D eigenvalue weighted by atomic mass is 9.74. The second-order valence-electron chi connectivity index (χ2n) is 7.18. The number of hydrogen-bond donors (Lipinski definition) is 2. The SMILES string of the molecule is O=C(NCC1(c2ccc(Cl)cc2)CCOCC1)c1cc2ccccc2c(=O)[nH]1. The Bertz CT molecular complexity index is 1050. The van der Waals surface area contributed by atoms with E-state index < -0.39 is 0 Å². The average Bonchev–Trinajstić information content (AvgIpc) is 2.73. The minimum Gasteiger partial charge on any atom is -0.381 e. The zero-order valence-corrected chi connectivity index (χ0v) is 16.1. The quantitative estimate of drug-likeness (QED) is 0.707. The number of benzene rings is 2. The Kier molecular flexibility index (Phi) is 5.20. The topological polar surface area (TPSA) is 71.2 Å². The van der Waals surface area contributed by atoms with E-state index in [-0.39, 0.29) is 22.6 Å². The molecule has 1 aliphatic heterocycles. The highest BCUT2D eigenvalue weighted by Gasteiger charge is 2.35. The second kappa shape index (κ2) is 7.78. The van der Waals surface area contributed by atoms with E-state index in [9.17, 15) is 9.59 Å². The van der Waals surface area contributed by atoms with E-state index in [1.54, 1.807) is 18.2 Å². The van der Waals surface area contributed by atoms with Gasteiger partial charge in [0.1, 0.15) is 5.69 Å². The van der Waals surface area contributed by atoms with Crippen LogP contribution in [0.15, 0.2) is 59.4 Å². The molecule has 0 spiro atoms. The van der Waals surface area contributed by atoms with E-state index in [1.807, 2.05) is 36.4 Å². The number of ether oxygens (including phenoxy) is 1. The summed E-state index contributed by atoms with van der Waals surface area (Å²) in [6.45, 7) is 1.75. The zero-order valence-electron chi connectivity index (χ0n) is 15.3. The van der Waals surface area contributed by atoms with Gasteiger partial charge in [-0.25, -0.2) is 0 Å². The number of aromatic amines is 1. The number of halogens is 1. The molecule has 1 aliphatic rings. The Morgan fingerprint density at radius 1 is 1.11 bits per heavy atom. The van der Waals surface area contributed by atoms with Gasteiger partial charge >= 0.3 is 0 Å². The first kappa shape index (κ1) is 18.7. The average molecular weight is 397 g/mol. The molecule has 2 aromatic carbocycles. The van der Waals surface area contributed by atoms with Gasteiger partial charge in [-0.1, -0.05) is 41.9 Å². The largest absolute Gasteiger partial charge is 0.381 e. The van der Waals surface area contributed by atoms with Crippen molar-refractivity contribution in [2.24, 2.45) is 0 Å². The van der Waals surface area contributed by atoms with E-state index in [0.717, 1.165) is 23.8 Å². The van der Waals surface area contributed by atoms with Crippen molar-refractivity contribution >= 4 is 28.3 Å². The fourth-order valence-corrected chi connectivity index (χ4v) is 3.94. The number of carbonyl (C=O) groups excluding carboxylic acids is 1. The Labute approximate surface area is 167 Å². The smallest absolute Gasteiger partial charge is 0.267 e. The maximum absolute atomic E-state index is 12.8. The van der Waals surface area contributed by atoms with E-state index in [2.05, 4.69) is 10.3 Å². The molecular formula is C22H21ClN2O3. The van der Waals surface area contributed by atoms with Crippen LogP contribution < -0.4 is 10.9 Å². The van der Waals surface area contributed by atoms with Gasteiger partial charge in [-0.05, 0) is 48.1 Å². The Morgan fingerprint density at radius 2 is 1.82 bits per heavy atom. The van der Waals surface area contributed by atoms with Crippen LogP contribution in [0.4, 0.5) is 0 Å². The summed E-state index contributed by atoms with van der Waals surface area (Å²) in [7, 11) is 0. The number of carbonyl (C=O) groups is 1. The molecule has 6 heteroatoms. The number of hydrogen-bond acceptors (Lipinski definition) is 3. The third-order valence-electron chi connectivity index (χ3n) is 5.49. The molecule has 5 nitrogen and oxygen atoms in total. The summed E-state index contributed by atoms with van der Waals surface area (Å²) in [4.78, 5) is 27.7. The van der Waals surface area contributed by atoms with E-state index in [4.69, 9.17) is 16.3 Å². The maximum atomic E-state index is 12.8. The van der Waals surface area contributed by atoms with Gasteiger partial charge in [-0.15, -0.1) is 0 Å². The molecule has 28 heavy (non-hydrogen) atoms. The number of fused-ring (bicyclic) bond motifs is 1. The molecule has 0 unspecified atom stereocenters. The van der Waals surface area contributed by atoms with Crippen molar-refractivity contribution in [3.63, 3.8) is 0 Å². The van der Waals surface area contributed by atoms with Crippen LogP contribution in [0.5, 0.6) is 0 Å². The normalized spacial score (nSPS) is 16.0. The van der Waals surface area contributed by atoms with Crippen LogP contribution in [0.1, 0.15) is 28.9 Å². The van der Waals surface area contributed by atoms with Gasteiger partial charge in [0, 0.05) is 35.6 Å². The lowest BCUT2D eigenvalue weighted by Gasteiger charge is -2.38. The van der Waals surface area contributed by atoms with E-state index in [1.165, 1.54) is 0 Å². The molecule has 2 heterocycles. The number of aromatic nitrogens is 1. The van der Waals surface area contributed by atoms with Gasteiger partial charge in [-0.2, -0.15) is 0 Å². The van der Waals surface area contributed by atoms with Crippen molar-refractivity contribution in [2.75, 3.05) is 19.8 Å². The summed E-state index contributed by atoms with van der Waals surface area (Å²) in [5.74, 6) is -0.289. The molecule has 1 aromatic heterocycles. The molecule has 0 aliphatic carbocycles. The molecule has 0 bridgehead atoms. The van der Waals surface area contributed by atoms with Crippen molar-refractivity contribution in [1.82, 2.24) is 10.3 Å². The van der Waals surface area contributed by atoms with Gasteiger partial charge in [0.2, 0.25) is 0 Å². The van der Waals surface area contributed by atoms with Gasteiger partial charge in [0.15, 0.2) is 0 Å². The zero-order chi connectivity index (χ0) is 19.6. The molecule has 2 N–H and O–H groups in total. The highest BCUT2D eigenvalue weighted by Crippen LogP contribution is 2.35. The second-order valence-corrected chi connectivity index (χ2v) is 7.62. The van der Waals surface area contributed by atoms with Crippen LogP contribution in [0.3, 0.4) is 0 Å². The third kappa shape index (κ3) is 3.68. The molecule has 0 radical (unpaired) electrons. The predicted molar refractivity (Wildman–Crippen MR) is 110 cm³/mol. The van der Waals surface area contributed by atoms with E-state index in [0.29, 0.717) is 30.2 Å². The molecule has 144 valence electrons. The summed E-state index contributed by atoms with van der Waals surface area (Å²) in [5.41, 5.74) is 0.923. The minimum absolute atomic E-state index is 0.213. The van der Waals surface area contributed by atoms with Crippen molar-refractivity contribution in [2.45, 2.75) is 18.3 Å². The van der Waals surface area contributed by atoms with Crippen molar-refractivity contribution in [3.05, 3.63) is 81.2 Å². The van der Waals surface area contributed by atoms with Gasteiger partial charge < -0.3 is 15.0 Å². The Balaban J connectivity index is 1.58. The van der Waals surface area contributed by atoms with Crippen molar-refractivity contribution in [3.8, 4) is 0 Å². The summed E-state index contributed by atoms with van der Waals surface area (Å²) >= 11 is 6.04. The fourth-order valence-electron chi connectivity index (χ4n) is 3.81. The molecule has 0 saturated carbocycles. The third-order valence-corrected chi connectivity index (χ3v) is 5.74. The summed E-state index contributed by atoms with van der Waals surface area (Å²) in [6, 6.07) is 16.7. The van der Waals surface area contributed by atoms with Gasteiger partial charge in [-0.3, -0.25) is 9.59 Å².